The van der Waals surface area contributed by atoms with Gasteiger partial charge >= 0.3 is 0 Å². The van der Waals surface area contributed by atoms with Gasteiger partial charge in [0.15, 0.2) is 0 Å². The standard InChI is InChI=1S/C20H27N7O2/c1-6-14-10-19(26(4)21-14)25(3)17-11-18(23-27(5)20(17)28)29-12-13-9-15(13)16-7-8-24(2)22-16/h7-8,10-11,13,15H,6,9,12H2,1-5H3/t13-,15+/m1/s1. The second kappa shape index (κ2) is 7.38. The van der Waals surface area contributed by atoms with E-state index >= 15 is 0 Å². The molecule has 0 amide bonds. The number of rotatable bonds is 7. The quantitative estimate of drug-likeness (QED) is 0.604. The average Bonchev–Trinajstić information content (AvgIpc) is 3.18. The molecule has 154 valence electrons. The van der Waals surface area contributed by atoms with Crippen molar-refractivity contribution in [2.45, 2.75) is 25.7 Å². The second-order valence-corrected chi connectivity index (χ2v) is 7.65. The Kier molecular flexibility index (Phi) is 4.89. The fourth-order valence-electron chi connectivity index (χ4n) is 3.62. The van der Waals surface area contributed by atoms with Crippen molar-refractivity contribution in [1.29, 1.82) is 0 Å². The molecule has 0 saturated heterocycles. The predicted octanol–water partition coefficient (Wildman–Crippen LogP) is 1.76. The van der Waals surface area contributed by atoms with Gasteiger partial charge in [-0.1, -0.05) is 6.92 Å². The number of nitrogens with zero attached hydrogens (tertiary/aromatic N) is 7. The lowest BCUT2D eigenvalue weighted by Crippen LogP contribution is -2.28. The first kappa shape index (κ1) is 19.2. The van der Waals surface area contributed by atoms with Crippen molar-refractivity contribution in [3.05, 3.63) is 46.1 Å². The molecule has 29 heavy (non-hydrogen) atoms. The maximum absolute atomic E-state index is 12.7. The van der Waals surface area contributed by atoms with Crippen LogP contribution in [-0.2, 0) is 27.6 Å². The highest BCUT2D eigenvalue weighted by Crippen LogP contribution is 2.46. The van der Waals surface area contributed by atoms with Crippen molar-refractivity contribution in [2.24, 2.45) is 27.1 Å². The SMILES string of the molecule is CCc1cc(N(C)c2cc(OC[C@H]3C[C@@H]3c3ccn(C)n3)nn(C)c2=O)n(C)n1. The molecule has 9 nitrogen and oxygen atoms in total. The first-order valence-corrected chi connectivity index (χ1v) is 9.84. The first-order chi connectivity index (χ1) is 13.9. The molecule has 1 aliphatic carbocycles. The van der Waals surface area contributed by atoms with Crippen molar-refractivity contribution in [3.8, 4) is 5.88 Å². The van der Waals surface area contributed by atoms with Crippen LogP contribution < -0.4 is 15.2 Å². The highest BCUT2D eigenvalue weighted by molar-refractivity contribution is 5.59. The van der Waals surface area contributed by atoms with E-state index in [9.17, 15) is 4.79 Å². The summed E-state index contributed by atoms with van der Waals surface area (Å²) in [5, 5.41) is 13.2. The Morgan fingerprint density at radius 3 is 2.62 bits per heavy atom. The number of ether oxygens (including phenoxy) is 1. The van der Waals surface area contributed by atoms with Gasteiger partial charge in [0, 0.05) is 58.4 Å². The summed E-state index contributed by atoms with van der Waals surface area (Å²) >= 11 is 0. The summed E-state index contributed by atoms with van der Waals surface area (Å²) in [6.07, 6.45) is 3.86. The number of aromatic nitrogens is 6. The van der Waals surface area contributed by atoms with E-state index in [0.717, 1.165) is 30.0 Å². The molecule has 3 aromatic heterocycles. The minimum atomic E-state index is -0.183. The van der Waals surface area contributed by atoms with Crippen LogP contribution in [0.15, 0.2) is 29.2 Å². The summed E-state index contributed by atoms with van der Waals surface area (Å²) in [5.74, 6) is 2.15. The molecular weight excluding hydrogens is 370 g/mol. The van der Waals surface area contributed by atoms with Crippen LogP contribution in [0.25, 0.3) is 0 Å². The Hall–Kier alpha value is -3.10. The molecule has 1 aliphatic rings. The van der Waals surface area contributed by atoms with E-state index in [1.165, 1.54) is 4.68 Å². The van der Waals surface area contributed by atoms with Crippen molar-refractivity contribution < 1.29 is 4.74 Å². The third-order valence-electron chi connectivity index (χ3n) is 5.48. The molecule has 0 bridgehead atoms. The van der Waals surface area contributed by atoms with Gasteiger partial charge in [0.05, 0.1) is 18.0 Å². The number of aryl methyl sites for hydroxylation is 4. The highest BCUT2D eigenvalue weighted by Gasteiger charge is 2.40. The van der Waals surface area contributed by atoms with E-state index < -0.39 is 0 Å². The molecule has 0 spiro atoms. The van der Waals surface area contributed by atoms with E-state index in [1.807, 2.05) is 43.0 Å². The van der Waals surface area contributed by atoms with Gasteiger partial charge in [-0.2, -0.15) is 10.2 Å². The van der Waals surface area contributed by atoms with Crippen LogP contribution in [0.3, 0.4) is 0 Å². The van der Waals surface area contributed by atoms with Crippen molar-refractivity contribution in [3.63, 3.8) is 0 Å². The summed E-state index contributed by atoms with van der Waals surface area (Å²) in [7, 11) is 7.30. The monoisotopic (exact) mass is 397 g/mol. The third kappa shape index (κ3) is 3.76. The maximum Gasteiger partial charge on any atom is 0.290 e. The van der Waals surface area contributed by atoms with Crippen LogP contribution in [-0.4, -0.2) is 43.0 Å². The summed E-state index contributed by atoms with van der Waals surface area (Å²) in [5.41, 5.74) is 2.40. The lowest BCUT2D eigenvalue weighted by molar-refractivity contribution is 0.278. The summed E-state index contributed by atoms with van der Waals surface area (Å²) in [6.45, 7) is 2.61. The second-order valence-electron chi connectivity index (χ2n) is 7.65. The Morgan fingerprint density at radius 1 is 1.17 bits per heavy atom. The molecule has 0 radical (unpaired) electrons. The summed E-state index contributed by atoms with van der Waals surface area (Å²) in [4.78, 5) is 14.5. The van der Waals surface area contributed by atoms with Crippen LogP contribution in [0, 0.1) is 5.92 Å². The Morgan fingerprint density at radius 2 is 1.97 bits per heavy atom. The normalized spacial score (nSPS) is 18.1. The molecule has 4 rings (SSSR count). The van der Waals surface area contributed by atoms with Gasteiger partial charge in [-0.05, 0) is 18.9 Å². The predicted molar refractivity (Wildman–Crippen MR) is 110 cm³/mol. The Bertz CT molecular complexity index is 1080. The molecule has 0 N–H and O–H groups in total. The molecule has 0 aromatic carbocycles. The highest BCUT2D eigenvalue weighted by atomic mass is 16.5. The zero-order valence-corrected chi connectivity index (χ0v) is 17.5. The smallest absolute Gasteiger partial charge is 0.290 e. The Balaban J connectivity index is 1.50. The topological polar surface area (TPSA) is 83.0 Å². The lowest BCUT2D eigenvalue weighted by Gasteiger charge is -2.19. The van der Waals surface area contributed by atoms with Gasteiger partial charge < -0.3 is 9.64 Å². The van der Waals surface area contributed by atoms with Crippen molar-refractivity contribution in [1.82, 2.24) is 29.3 Å². The molecular formula is C20H27N7O2. The molecule has 9 heteroatoms. The van der Waals surface area contributed by atoms with Crippen LogP contribution >= 0.6 is 0 Å². The fraction of sp³-hybridized carbons (Fsp3) is 0.500. The van der Waals surface area contributed by atoms with Gasteiger partial charge in [-0.3, -0.25) is 14.2 Å². The van der Waals surface area contributed by atoms with Gasteiger partial charge in [0.1, 0.15) is 11.5 Å². The molecule has 0 unspecified atom stereocenters. The molecule has 3 aromatic rings. The van der Waals surface area contributed by atoms with E-state index in [0.29, 0.717) is 30.0 Å². The van der Waals surface area contributed by atoms with E-state index in [1.54, 1.807) is 17.8 Å². The van der Waals surface area contributed by atoms with Gasteiger partial charge in [-0.15, -0.1) is 5.10 Å². The molecule has 1 saturated carbocycles. The number of anilines is 2. The minimum absolute atomic E-state index is 0.183. The summed E-state index contributed by atoms with van der Waals surface area (Å²) in [6, 6.07) is 5.75. The lowest BCUT2D eigenvalue weighted by atomic mass is 10.2. The first-order valence-electron chi connectivity index (χ1n) is 9.84. The third-order valence-corrected chi connectivity index (χ3v) is 5.48. The van der Waals surface area contributed by atoms with E-state index in [4.69, 9.17) is 4.74 Å². The summed E-state index contributed by atoms with van der Waals surface area (Å²) < 4.78 is 10.9. The van der Waals surface area contributed by atoms with Crippen LogP contribution in [0.4, 0.5) is 11.5 Å². The van der Waals surface area contributed by atoms with Crippen LogP contribution in [0.2, 0.25) is 0 Å². The molecule has 3 heterocycles. The zero-order chi connectivity index (χ0) is 20.7. The Labute approximate surface area is 169 Å². The van der Waals surface area contributed by atoms with Gasteiger partial charge in [-0.25, -0.2) is 4.68 Å². The van der Waals surface area contributed by atoms with Crippen molar-refractivity contribution in [2.75, 3.05) is 18.6 Å². The minimum Gasteiger partial charge on any atom is -0.476 e. The molecule has 0 aliphatic heterocycles. The number of hydrogen-bond acceptors (Lipinski definition) is 6. The van der Waals surface area contributed by atoms with E-state index in [-0.39, 0.29) is 5.56 Å². The van der Waals surface area contributed by atoms with Gasteiger partial charge in [0.2, 0.25) is 5.88 Å². The fourth-order valence-corrected chi connectivity index (χ4v) is 3.62. The largest absolute Gasteiger partial charge is 0.476 e. The van der Waals surface area contributed by atoms with Crippen LogP contribution in [0.5, 0.6) is 5.88 Å². The van der Waals surface area contributed by atoms with E-state index in [2.05, 4.69) is 28.3 Å². The average molecular weight is 397 g/mol. The van der Waals surface area contributed by atoms with Crippen LogP contribution in [0.1, 0.15) is 30.7 Å². The molecule has 2 atom stereocenters. The van der Waals surface area contributed by atoms with Crippen molar-refractivity contribution >= 4 is 11.5 Å². The molecule has 1 fully saturated rings. The van der Waals surface area contributed by atoms with Gasteiger partial charge in [0.25, 0.3) is 5.56 Å². The maximum atomic E-state index is 12.7. The zero-order valence-electron chi connectivity index (χ0n) is 17.5. The number of hydrogen-bond donors (Lipinski definition) is 0.